The smallest absolute Gasteiger partial charge is 0.278 e. The quantitative estimate of drug-likeness (QED) is 0.153. The van der Waals surface area contributed by atoms with Crippen LogP contribution in [0.2, 0.25) is 0 Å². The molecule has 2 bridgehead atoms. The van der Waals surface area contributed by atoms with E-state index in [1.807, 2.05) is 0 Å². The summed E-state index contributed by atoms with van der Waals surface area (Å²) in [5, 5.41) is 0. The fraction of sp³-hybridized carbons (Fsp3) is 0.525. The Morgan fingerprint density at radius 2 is 1.07 bits per heavy atom. The van der Waals surface area contributed by atoms with Gasteiger partial charge in [-0.25, -0.2) is 3.63 Å². The summed E-state index contributed by atoms with van der Waals surface area (Å²) >= 11 is 0. The molecule has 4 nitrogen and oxygen atoms in total. The first-order chi connectivity index (χ1) is 22.0. The second kappa shape index (κ2) is 14.4. The zero-order valence-electron chi connectivity index (χ0n) is 28.6. The molecular formula is C40H54O4S2. The Kier molecular flexibility index (Phi) is 10.9. The Labute approximate surface area is 280 Å². The third kappa shape index (κ3) is 6.77. The Morgan fingerprint density at radius 3 is 1.37 bits per heavy atom. The van der Waals surface area contributed by atoms with Gasteiger partial charge in [-0.1, -0.05) is 90.3 Å². The van der Waals surface area contributed by atoms with Gasteiger partial charge in [-0.3, -0.25) is 4.79 Å². The van der Waals surface area contributed by atoms with Gasteiger partial charge in [0, 0.05) is 21.1 Å². The third-order valence-electron chi connectivity index (χ3n) is 11.0. The molecule has 0 aliphatic heterocycles. The third-order valence-corrected chi connectivity index (χ3v) is 16.3. The van der Waals surface area contributed by atoms with Crippen LogP contribution in [0.5, 0.6) is 0 Å². The predicted octanol–water partition coefficient (Wildman–Crippen LogP) is 10.7. The molecule has 2 fully saturated rings. The minimum atomic E-state index is -4.17. The van der Waals surface area contributed by atoms with Crippen LogP contribution in [0.4, 0.5) is 0 Å². The summed E-state index contributed by atoms with van der Waals surface area (Å²) in [6.07, 6.45) is 11.6. The van der Waals surface area contributed by atoms with Gasteiger partial charge in [0.2, 0.25) is 0 Å². The monoisotopic (exact) mass is 662 g/mol. The average molecular weight is 663 g/mol. The number of hydrogen-bond acceptors (Lipinski definition) is 4. The van der Waals surface area contributed by atoms with Crippen molar-refractivity contribution in [1.82, 2.24) is 0 Å². The molecule has 3 aromatic carbocycles. The molecule has 250 valence electrons. The van der Waals surface area contributed by atoms with Crippen molar-refractivity contribution in [2.75, 3.05) is 5.75 Å². The zero-order valence-corrected chi connectivity index (χ0v) is 30.3. The first-order valence-electron chi connectivity index (χ1n) is 17.6. The number of ketones is 1. The molecular weight excluding hydrogens is 609 g/mol. The molecule has 0 radical (unpaired) electrons. The van der Waals surface area contributed by atoms with Gasteiger partial charge in [0.15, 0.2) is 0 Å². The zero-order chi connectivity index (χ0) is 33.0. The number of hydrogen-bond donors (Lipinski definition) is 0. The van der Waals surface area contributed by atoms with Crippen molar-refractivity contribution in [3.05, 3.63) is 89.5 Å². The van der Waals surface area contributed by atoms with Crippen LogP contribution >= 0.6 is 10.3 Å². The molecule has 5 rings (SSSR count). The number of aryl methyl sites for hydroxylation is 3. The van der Waals surface area contributed by atoms with Crippen LogP contribution in [0.1, 0.15) is 109 Å². The highest BCUT2D eigenvalue weighted by molar-refractivity contribution is 8.33. The van der Waals surface area contributed by atoms with Crippen LogP contribution in [0.25, 0.3) is 0 Å². The summed E-state index contributed by atoms with van der Waals surface area (Å²) in [5.74, 6) is 0.0473. The predicted molar refractivity (Wildman–Crippen MR) is 191 cm³/mol. The van der Waals surface area contributed by atoms with E-state index < -0.39 is 25.8 Å². The summed E-state index contributed by atoms with van der Waals surface area (Å²) in [4.78, 5) is 16.1. The van der Waals surface area contributed by atoms with E-state index in [0.29, 0.717) is 12.8 Å². The van der Waals surface area contributed by atoms with Gasteiger partial charge >= 0.3 is 0 Å². The Hall–Kier alpha value is -2.41. The summed E-state index contributed by atoms with van der Waals surface area (Å²) in [6.45, 7) is 10.8. The topological polar surface area (TPSA) is 60.4 Å². The highest BCUT2D eigenvalue weighted by atomic mass is 32.3. The minimum Gasteiger partial charge on any atom is -0.299 e. The number of benzene rings is 3. The lowest BCUT2D eigenvalue weighted by Gasteiger charge is -2.42. The lowest BCUT2D eigenvalue weighted by molar-refractivity contribution is -0.128. The van der Waals surface area contributed by atoms with Crippen LogP contribution in [0.3, 0.4) is 0 Å². The van der Waals surface area contributed by atoms with Crippen molar-refractivity contribution in [1.29, 1.82) is 0 Å². The van der Waals surface area contributed by atoms with Crippen molar-refractivity contribution in [2.45, 2.75) is 126 Å². The van der Waals surface area contributed by atoms with Gasteiger partial charge in [0.25, 0.3) is 10.1 Å². The summed E-state index contributed by atoms with van der Waals surface area (Å²) in [5.41, 5.74) is 2.43. The van der Waals surface area contributed by atoms with E-state index >= 15 is 0 Å². The van der Waals surface area contributed by atoms with Gasteiger partial charge in [-0.05, 0) is 126 Å². The van der Waals surface area contributed by atoms with E-state index in [2.05, 4.69) is 107 Å². The molecule has 3 aromatic rings. The second-order valence-corrected chi connectivity index (χ2v) is 18.7. The molecule has 0 heterocycles. The largest absolute Gasteiger partial charge is 0.299 e. The molecule has 2 aliphatic rings. The number of carbonyl (C=O) groups is 1. The number of unbranched alkanes of at least 4 members (excludes halogenated alkanes) is 3. The molecule has 2 aliphatic carbocycles. The number of fused-ring (bicyclic) bond motifs is 2. The van der Waals surface area contributed by atoms with E-state index in [1.165, 1.54) is 16.7 Å². The van der Waals surface area contributed by atoms with Crippen LogP contribution in [0, 0.1) is 16.7 Å². The second-order valence-electron chi connectivity index (χ2n) is 14.2. The van der Waals surface area contributed by atoms with Gasteiger partial charge in [0.05, 0.1) is 11.2 Å². The van der Waals surface area contributed by atoms with E-state index in [-0.39, 0.29) is 22.9 Å². The van der Waals surface area contributed by atoms with Crippen LogP contribution in [-0.2, 0) is 37.8 Å². The van der Waals surface area contributed by atoms with E-state index in [1.54, 1.807) is 0 Å². The molecule has 6 heteroatoms. The first-order valence-corrected chi connectivity index (χ1v) is 20.7. The molecule has 46 heavy (non-hydrogen) atoms. The van der Waals surface area contributed by atoms with Crippen molar-refractivity contribution in [3.63, 3.8) is 0 Å². The molecule has 0 saturated heterocycles. The summed E-state index contributed by atoms with van der Waals surface area (Å²) in [7, 11) is -6.89. The molecule has 0 amide bonds. The maximum absolute atomic E-state index is 14.6. The maximum atomic E-state index is 14.6. The lowest BCUT2D eigenvalue weighted by atomic mass is 9.70. The molecule has 2 saturated carbocycles. The summed E-state index contributed by atoms with van der Waals surface area (Å²) < 4.78 is 36.0. The minimum absolute atomic E-state index is 0.0855. The molecule has 0 aromatic heterocycles. The van der Waals surface area contributed by atoms with Crippen LogP contribution in [-0.4, -0.2) is 20.0 Å². The Balaban J connectivity index is 1.66. The fourth-order valence-corrected chi connectivity index (χ4v) is 13.8. The molecule has 0 N–H and O–H groups in total. The standard InChI is InChI=1S/C40H54O4S2/c1-6-9-12-31-15-21-35(22-16-31)46(36-23-17-32(18-24-36)13-10-7-2,37-25-19-33(20-26-37)14-11-8-3)44-45(42,43)30-40-28-27-34(29-38(40)41)39(40,4)5/h15-26,34H,6-14,27-30H2,1-5H3. The normalized spacial score (nSPS) is 21.2. The van der Waals surface area contributed by atoms with Gasteiger partial charge in [0.1, 0.15) is 5.78 Å². The van der Waals surface area contributed by atoms with Gasteiger partial charge in [-0.15, -0.1) is 0 Å². The Bertz CT molecular complexity index is 1450. The van der Waals surface area contributed by atoms with Gasteiger partial charge in [-0.2, -0.15) is 8.42 Å². The first kappa shape index (κ1) is 34.9. The fourth-order valence-electron chi connectivity index (χ4n) is 7.80. The van der Waals surface area contributed by atoms with E-state index in [9.17, 15) is 13.2 Å². The molecule has 0 spiro atoms. The van der Waals surface area contributed by atoms with Crippen molar-refractivity contribution in [2.24, 2.45) is 16.7 Å². The number of rotatable bonds is 16. The van der Waals surface area contributed by atoms with E-state index in [0.717, 1.165) is 78.9 Å². The van der Waals surface area contributed by atoms with Crippen molar-refractivity contribution < 1.29 is 16.8 Å². The molecule has 2 atom stereocenters. The lowest BCUT2D eigenvalue weighted by Crippen LogP contribution is -2.42. The highest BCUT2D eigenvalue weighted by Gasteiger charge is 2.65. The van der Waals surface area contributed by atoms with Crippen LogP contribution < -0.4 is 0 Å². The number of carbonyl (C=O) groups excluding carboxylic acids is 1. The van der Waals surface area contributed by atoms with Gasteiger partial charge < -0.3 is 0 Å². The average Bonchev–Trinajstić information content (AvgIpc) is 3.39. The summed E-state index contributed by atoms with van der Waals surface area (Å²) in [6, 6.07) is 25.3. The SMILES string of the molecule is CCCCc1ccc(S(OS(=O)(=O)CC23CCC(CC2=O)C3(C)C)(c2ccc(CCCC)cc2)c2ccc(CCCC)cc2)cc1. The number of Topliss-reactive ketones (excluding diaryl/α,β-unsaturated/α-hetero) is 1. The van der Waals surface area contributed by atoms with Crippen molar-refractivity contribution in [3.8, 4) is 0 Å². The molecule has 2 unspecified atom stereocenters. The van der Waals surface area contributed by atoms with Crippen molar-refractivity contribution >= 4 is 26.2 Å². The van der Waals surface area contributed by atoms with Crippen LogP contribution in [0.15, 0.2) is 87.5 Å². The Morgan fingerprint density at radius 1 is 0.674 bits per heavy atom. The van der Waals surface area contributed by atoms with E-state index in [4.69, 9.17) is 3.63 Å². The highest BCUT2D eigenvalue weighted by Crippen LogP contribution is 2.71. The maximum Gasteiger partial charge on any atom is 0.278 e.